The van der Waals surface area contributed by atoms with Gasteiger partial charge in [-0.2, -0.15) is 0 Å². The molecule has 0 radical (unpaired) electrons. The van der Waals surface area contributed by atoms with Gasteiger partial charge in [0.1, 0.15) is 11.6 Å². The summed E-state index contributed by atoms with van der Waals surface area (Å²) in [5.74, 6) is 0.340. The lowest BCUT2D eigenvalue weighted by molar-refractivity contribution is 0.407. The van der Waals surface area contributed by atoms with Crippen LogP contribution in [-0.4, -0.2) is 7.11 Å². The zero-order chi connectivity index (χ0) is 14.9. The van der Waals surface area contributed by atoms with Crippen LogP contribution < -0.4 is 4.74 Å². The van der Waals surface area contributed by atoms with Crippen molar-refractivity contribution in [2.75, 3.05) is 7.11 Å². The number of ether oxygens (including phenoxy) is 1. The van der Waals surface area contributed by atoms with Crippen molar-refractivity contribution in [2.45, 2.75) is 12.3 Å². The third-order valence-electron chi connectivity index (χ3n) is 3.02. The molecule has 1 atom stereocenters. The zero-order valence-electron chi connectivity index (χ0n) is 10.9. The number of methoxy groups -OCH3 is 1. The fourth-order valence-corrected chi connectivity index (χ4v) is 3.48. The first kappa shape index (κ1) is 15.6. The monoisotopic (exact) mass is 376 g/mol. The van der Waals surface area contributed by atoms with E-state index < -0.39 is 5.38 Å². The summed E-state index contributed by atoms with van der Waals surface area (Å²) < 4.78 is 19.3. The highest BCUT2D eigenvalue weighted by atomic mass is 79.9. The Hall–Kier alpha value is -0.770. The van der Waals surface area contributed by atoms with Crippen molar-refractivity contribution in [3.63, 3.8) is 0 Å². The maximum absolute atomic E-state index is 13.2. The largest absolute Gasteiger partial charge is 0.495 e. The molecule has 0 spiro atoms. The zero-order valence-corrected chi connectivity index (χ0v) is 14.0. The van der Waals surface area contributed by atoms with Crippen LogP contribution in [0.4, 0.5) is 4.39 Å². The SMILES string of the molecule is COc1c(Br)cc(Cl)cc1C(Cl)c1ccc(F)cc1C. The highest BCUT2D eigenvalue weighted by Gasteiger charge is 2.20. The molecule has 0 fully saturated rings. The van der Waals surface area contributed by atoms with Gasteiger partial charge in [0.05, 0.1) is 17.0 Å². The van der Waals surface area contributed by atoms with Gasteiger partial charge in [0, 0.05) is 10.6 Å². The quantitative estimate of drug-likeness (QED) is 0.606. The Morgan fingerprint density at radius 2 is 1.90 bits per heavy atom. The van der Waals surface area contributed by atoms with Gasteiger partial charge in [0.25, 0.3) is 0 Å². The molecule has 0 aliphatic carbocycles. The number of benzene rings is 2. The van der Waals surface area contributed by atoms with Crippen LogP contribution in [0.25, 0.3) is 0 Å². The molecule has 5 heteroatoms. The van der Waals surface area contributed by atoms with Gasteiger partial charge in [-0.1, -0.05) is 17.7 Å². The summed E-state index contributed by atoms with van der Waals surface area (Å²) in [7, 11) is 1.57. The van der Waals surface area contributed by atoms with Crippen LogP contribution in [0.5, 0.6) is 5.75 Å². The Kier molecular flexibility index (Phi) is 4.95. The van der Waals surface area contributed by atoms with Gasteiger partial charge < -0.3 is 4.74 Å². The lowest BCUT2D eigenvalue weighted by atomic mass is 9.99. The van der Waals surface area contributed by atoms with Gasteiger partial charge in [-0.25, -0.2) is 4.39 Å². The van der Waals surface area contributed by atoms with Gasteiger partial charge in [-0.05, 0) is 58.2 Å². The molecule has 20 heavy (non-hydrogen) atoms. The Balaban J connectivity index is 2.55. The van der Waals surface area contributed by atoms with Gasteiger partial charge in [0.2, 0.25) is 0 Å². The number of alkyl halides is 1. The van der Waals surface area contributed by atoms with Gasteiger partial charge in [-0.3, -0.25) is 0 Å². The summed E-state index contributed by atoms with van der Waals surface area (Å²) in [6, 6.07) is 8.02. The van der Waals surface area contributed by atoms with Crippen molar-refractivity contribution in [3.8, 4) is 5.75 Å². The van der Waals surface area contributed by atoms with E-state index in [1.54, 1.807) is 25.3 Å². The molecular formula is C15H12BrCl2FO. The maximum Gasteiger partial charge on any atom is 0.138 e. The Labute approximate surface area is 135 Å². The first-order chi connectivity index (χ1) is 9.43. The lowest BCUT2D eigenvalue weighted by Gasteiger charge is -2.18. The van der Waals surface area contributed by atoms with E-state index in [9.17, 15) is 4.39 Å². The minimum absolute atomic E-state index is 0.283. The highest BCUT2D eigenvalue weighted by Crippen LogP contribution is 2.42. The summed E-state index contributed by atoms with van der Waals surface area (Å²) in [6.07, 6.45) is 0. The van der Waals surface area contributed by atoms with Crippen LogP contribution in [0, 0.1) is 12.7 Å². The molecule has 0 bridgehead atoms. The molecule has 2 rings (SSSR count). The van der Waals surface area contributed by atoms with Crippen molar-refractivity contribution in [3.05, 3.63) is 62.3 Å². The van der Waals surface area contributed by atoms with Crippen molar-refractivity contribution >= 4 is 39.1 Å². The Morgan fingerprint density at radius 3 is 2.50 bits per heavy atom. The molecule has 0 aliphatic heterocycles. The molecular weight excluding hydrogens is 366 g/mol. The maximum atomic E-state index is 13.2. The second kappa shape index (κ2) is 6.33. The van der Waals surface area contributed by atoms with E-state index in [1.807, 2.05) is 6.92 Å². The number of halogens is 4. The van der Waals surface area contributed by atoms with E-state index in [2.05, 4.69) is 15.9 Å². The van der Waals surface area contributed by atoms with Crippen molar-refractivity contribution in [2.24, 2.45) is 0 Å². The van der Waals surface area contributed by atoms with E-state index >= 15 is 0 Å². The Bertz CT molecular complexity index is 646. The lowest BCUT2D eigenvalue weighted by Crippen LogP contribution is -2.01. The summed E-state index contributed by atoms with van der Waals surface area (Å²) >= 11 is 16.0. The second-order valence-electron chi connectivity index (χ2n) is 4.37. The fraction of sp³-hybridized carbons (Fsp3) is 0.200. The normalized spacial score (nSPS) is 12.3. The molecule has 0 aromatic heterocycles. The van der Waals surface area contributed by atoms with Gasteiger partial charge in [0.15, 0.2) is 0 Å². The number of aryl methyl sites for hydroxylation is 1. The molecule has 0 heterocycles. The first-order valence-electron chi connectivity index (χ1n) is 5.87. The van der Waals surface area contributed by atoms with E-state index in [-0.39, 0.29) is 5.82 Å². The Morgan fingerprint density at radius 1 is 1.20 bits per heavy atom. The predicted molar refractivity (Wildman–Crippen MR) is 84.5 cm³/mol. The van der Waals surface area contributed by atoms with Gasteiger partial charge >= 0.3 is 0 Å². The van der Waals surface area contributed by atoms with Crippen LogP contribution in [0.15, 0.2) is 34.8 Å². The molecule has 0 amide bonds. The first-order valence-corrected chi connectivity index (χ1v) is 7.48. The van der Waals surface area contributed by atoms with Crippen molar-refractivity contribution in [1.29, 1.82) is 0 Å². The molecule has 106 valence electrons. The molecule has 0 saturated carbocycles. The summed E-state index contributed by atoms with van der Waals surface area (Å²) in [4.78, 5) is 0. The standard InChI is InChI=1S/C15H12BrCl2FO/c1-8-5-10(19)3-4-11(8)14(18)12-6-9(17)7-13(16)15(12)20-2/h3-7,14H,1-2H3. The number of hydrogen-bond acceptors (Lipinski definition) is 1. The van der Waals surface area contributed by atoms with Crippen LogP contribution in [0.2, 0.25) is 5.02 Å². The molecule has 2 aromatic carbocycles. The average molecular weight is 378 g/mol. The van der Waals surface area contributed by atoms with E-state index in [0.717, 1.165) is 21.2 Å². The molecule has 2 aromatic rings. The predicted octanol–water partition coefficient (Wildman–Crippen LogP) is 5.89. The smallest absolute Gasteiger partial charge is 0.138 e. The molecule has 0 aliphatic rings. The third-order valence-corrected chi connectivity index (χ3v) is 4.30. The van der Waals surface area contributed by atoms with Crippen molar-refractivity contribution < 1.29 is 9.13 Å². The molecule has 1 nitrogen and oxygen atoms in total. The molecule has 0 saturated heterocycles. The topological polar surface area (TPSA) is 9.23 Å². The van der Waals surface area contributed by atoms with Gasteiger partial charge in [-0.15, -0.1) is 11.6 Å². The minimum Gasteiger partial charge on any atom is -0.495 e. The summed E-state index contributed by atoms with van der Waals surface area (Å²) in [5, 5.41) is 0.0821. The summed E-state index contributed by atoms with van der Waals surface area (Å²) in [6.45, 7) is 1.82. The number of hydrogen-bond donors (Lipinski definition) is 0. The van der Waals surface area contributed by atoms with E-state index in [1.165, 1.54) is 12.1 Å². The van der Waals surface area contributed by atoms with Crippen LogP contribution in [0.3, 0.4) is 0 Å². The van der Waals surface area contributed by atoms with Crippen LogP contribution >= 0.6 is 39.1 Å². The fourth-order valence-electron chi connectivity index (χ4n) is 2.07. The average Bonchev–Trinajstić information content (AvgIpc) is 2.37. The van der Waals surface area contributed by atoms with Crippen LogP contribution in [-0.2, 0) is 0 Å². The van der Waals surface area contributed by atoms with Crippen LogP contribution in [0.1, 0.15) is 22.1 Å². The second-order valence-corrected chi connectivity index (χ2v) is 6.10. The summed E-state index contributed by atoms with van der Waals surface area (Å²) in [5.41, 5.74) is 2.34. The van der Waals surface area contributed by atoms with E-state index in [0.29, 0.717) is 10.8 Å². The minimum atomic E-state index is -0.472. The molecule has 0 N–H and O–H groups in total. The molecule has 1 unspecified atom stereocenters. The third kappa shape index (κ3) is 3.11. The van der Waals surface area contributed by atoms with Crippen molar-refractivity contribution in [1.82, 2.24) is 0 Å². The van der Waals surface area contributed by atoms with E-state index in [4.69, 9.17) is 27.9 Å². The highest BCUT2D eigenvalue weighted by molar-refractivity contribution is 9.10. The number of rotatable bonds is 3.